The number of aliphatic hydroxyl groups is 2. The number of rotatable bonds is 6. The van der Waals surface area contributed by atoms with Gasteiger partial charge in [-0.3, -0.25) is 0 Å². The van der Waals surface area contributed by atoms with Crippen molar-refractivity contribution in [1.82, 2.24) is 0 Å². The van der Waals surface area contributed by atoms with Gasteiger partial charge in [-0.2, -0.15) is 0 Å². The van der Waals surface area contributed by atoms with Crippen molar-refractivity contribution >= 4 is 38.2 Å². The van der Waals surface area contributed by atoms with E-state index in [1.165, 1.54) is 11.1 Å². The van der Waals surface area contributed by atoms with Crippen LogP contribution in [0.3, 0.4) is 0 Å². The number of halogens is 2. The van der Waals surface area contributed by atoms with Gasteiger partial charge < -0.3 is 0 Å². The molecule has 0 saturated carbocycles. The van der Waals surface area contributed by atoms with Crippen LogP contribution in [0.2, 0.25) is 0 Å². The van der Waals surface area contributed by atoms with Gasteiger partial charge in [-0.1, -0.05) is 0 Å². The van der Waals surface area contributed by atoms with Crippen LogP contribution in [0.25, 0.3) is 0 Å². The van der Waals surface area contributed by atoms with Crippen LogP contribution < -0.4 is 0 Å². The first-order valence-electron chi connectivity index (χ1n) is 3.76. The first kappa shape index (κ1) is 13.5. The molecular formula is C8H12Cl2O2Se. The SMILES string of the molecule is OCC/C(=C/Cl)[Se]/C(=C\Cl)CCO. The molecular weight excluding hydrogens is 278 g/mol. The molecule has 0 aromatic heterocycles. The Morgan fingerprint density at radius 1 is 1.00 bits per heavy atom. The van der Waals surface area contributed by atoms with E-state index in [1.54, 1.807) is 0 Å². The molecule has 0 aliphatic carbocycles. The quantitative estimate of drug-likeness (QED) is 0.730. The Bertz CT molecular complexity index is 173. The van der Waals surface area contributed by atoms with E-state index in [9.17, 15) is 0 Å². The molecule has 5 heteroatoms. The van der Waals surface area contributed by atoms with E-state index < -0.39 is 0 Å². The Labute approximate surface area is 94.4 Å². The number of hydrogen-bond acceptors (Lipinski definition) is 2. The summed E-state index contributed by atoms with van der Waals surface area (Å²) in [5, 5.41) is 17.4. The molecule has 2 N–H and O–H groups in total. The summed E-state index contributed by atoms with van der Waals surface area (Å²) in [6.07, 6.45) is 1.15. The van der Waals surface area contributed by atoms with Crippen molar-refractivity contribution in [3.05, 3.63) is 20.0 Å². The fourth-order valence-corrected chi connectivity index (χ4v) is 3.03. The summed E-state index contributed by atoms with van der Waals surface area (Å²) in [6.45, 7) is 0.185. The van der Waals surface area contributed by atoms with Crippen molar-refractivity contribution in [1.29, 1.82) is 0 Å². The van der Waals surface area contributed by atoms with Crippen molar-refractivity contribution in [2.24, 2.45) is 0 Å². The van der Waals surface area contributed by atoms with Crippen molar-refractivity contribution < 1.29 is 10.2 Å². The monoisotopic (exact) mass is 290 g/mol. The van der Waals surface area contributed by atoms with Crippen LogP contribution in [0.4, 0.5) is 0 Å². The average Bonchev–Trinajstić information content (AvgIpc) is 2.16. The first-order valence-corrected chi connectivity index (χ1v) is 6.35. The summed E-state index contributed by atoms with van der Waals surface area (Å²) < 4.78 is 1.97. The van der Waals surface area contributed by atoms with Crippen molar-refractivity contribution in [3.63, 3.8) is 0 Å². The third-order valence-corrected chi connectivity index (χ3v) is 4.79. The minimum atomic E-state index is 0.0506. The molecule has 0 radical (unpaired) electrons. The summed E-state index contributed by atoms with van der Waals surface area (Å²) in [5.41, 5.74) is 2.96. The second-order valence-electron chi connectivity index (χ2n) is 2.20. The summed E-state index contributed by atoms with van der Waals surface area (Å²) in [6, 6.07) is 0. The van der Waals surface area contributed by atoms with E-state index >= 15 is 0 Å². The molecule has 0 bridgehead atoms. The van der Waals surface area contributed by atoms with Gasteiger partial charge in [0.1, 0.15) is 0 Å². The fourth-order valence-electron chi connectivity index (χ4n) is 0.644. The van der Waals surface area contributed by atoms with Gasteiger partial charge in [0.15, 0.2) is 0 Å². The van der Waals surface area contributed by atoms with Gasteiger partial charge in [-0.15, -0.1) is 0 Å². The van der Waals surface area contributed by atoms with E-state index in [0.29, 0.717) is 12.8 Å². The zero-order valence-electron chi connectivity index (χ0n) is 7.04. The van der Waals surface area contributed by atoms with Gasteiger partial charge >= 0.3 is 94.4 Å². The third-order valence-electron chi connectivity index (χ3n) is 1.22. The van der Waals surface area contributed by atoms with Gasteiger partial charge in [0.2, 0.25) is 0 Å². The molecule has 0 aromatic rings. The molecule has 13 heavy (non-hydrogen) atoms. The second-order valence-corrected chi connectivity index (χ2v) is 5.27. The minimum absolute atomic E-state index is 0.0506. The van der Waals surface area contributed by atoms with Crippen LogP contribution in [0.1, 0.15) is 12.8 Å². The first-order chi connectivity index (χ1) is 6.28. The maximum atomic E-state index is 8.69. The van der Waals surface area contributed by atoms with Crippen LogP contribution >= 0.6 is 23.2 Å². The van der Waals surface area contributed by atoms with Gasteiger partial charge in [0.05, 0.1) is 0 Å². The van der Waals surface area contributed by atoms with Crippen LogP contribution in [0.15, 0.2) is 20.0 Å². The second kappa shape index (κ2) is 9.07. The van der Waals surface area contributed by atoms with Crippen molar-refractivity contribution in [2.75, 3.05) is 13.2 Å². The Kier molecular flexibility index (Phi) is 9.42. The molecule has 0 atom stereocenters. The Morgan fingerprint density at radius 2 is 1.38 bits per heavy atom. The fraction of sp³-hybridized carbons (Fsp3) is 0.500. The van der Waals surface area contributed by atoms with Crippen LogP contribution in [-0.2, 0) is 0 Å². The summed E-state index contributed by atoms with van der Waals surface area (Å²) in [5.74, 6) is 0. The molecule has 0 aliphatic rings. The predicted octanol–water partition coefficient (Wildman–Crippen LogP) is 1.62. The molecule has 0 spiro atoms. The molecule has 0 aromatic carbocycles. The average molecular weight is 290 g/mol. The third kappa shape index (κ3) is 6.55. The van der Waals surface area contributed by atoms with E-state index in [1.807, 2.05) is 0 Å². The van der Waals surface area contributed by atoms with Crippen molar-refractivity contribution in [3.8, 4) is 0 Å². The zero-order valence-corrected chi connectivity index (χ0v) is 10.3. The van der Waals surface area contributed by atoms with E-state index in [-0.39, 0.29) is 28.2 Å². The summed E-state index contributed by atoms with van der Waals surface area (Å²) in [4.78, 5) is 0. The Morgan fingerprint density at radius 3 is 1.62 bits per heavy atom. The van der Waals surface area contributed by atoms with Crippen LogP contribution in [-0.4, -0.2) is 38.4 Å². The van der Waals surface area contributed by atoms with Crippen LogP contribution in [0, 0.1) is 0 Å². The van der Waals surface area contributed by atoms with E-state index in [0.717, 1.165) is 8.94 Å². The molecule has 0 heterocycles. The van der Waals surface area contributed by atoms with Gasteiger partial charge in [-0.05, 0) is 0 Å². The topological polar surface area (TPSA) is 40.5 Å². The molecule has 2 nitrogen and oxygen atoms in total. The number of aliphatic hydroxyl groups excluding tert-OH is 2. The molecule has 0 unspecified atom stereocenters. The predicted molar refractivity (Wildman–Crippen MR) is 57.0 cm³/mol. The van der Waals surface area contributed by atoms with Crippen LogP contribution in [0.5, 0.6) is 0 Å². The normalized spacial score (nSPS) is 13.5. The van der Waals surface area contributed by atoms with Crippen molar-refractivity contribution in [2.45, 2.75) is 12.8 Å². The zero-order chi connectivity index (χ0) is 10.1. The molecule has 0 saturated heterocycles. The van der Waals surface area contributed by atoms with Gasteiger partial charge in [0, 0.05) is 0 Å². The van der Waals surface area contributed by atoms with Gasteiger partial charge in [-0.25, -0.2) is 0 Å². The molecule has 0 aliphatic heterocycles. The molecule has 0 amide bonds. The molecule has 0 rings (SSSR count). The maximum absolute atomic E-state index is 8.69. The number of hydrogen-bond donors (Lipinski definition) is 2. The Balaban J connectivity index is 4.05. The van der Waals surface area contributed by atoms with E-state index in [2.05, 4.69) is 0 Å². The standard InChI is InChI=1S/C8H12Cl2O2Se/c9-5-7(1-3-11)13-8(6-10)2-4-12/h5-6,11-12H,1-4H2/b7-5-,8-6-. The van der Waals surface area contributed by atoms with Gasteiger partial charge in [0.25, 0.3) is 0 Å². The Hall–Kier alpha value is 0.499. The van der Waals surface area contributed by atoms with E-state index in [4.69, 9.17) is 33.4 Å². The summed E-state index contributed by atoms with van der Waals surface area (Å²) >= 11 is 11.2. The molecule has 0 fully saturated rings. The summed E-state index contributed by atoms with van der Waals surface area (Å²) in [7, 11) is 0. The molecule has 76 valence electrons.